The maximum Gasteiger partial charge on any atom is 0.220 e. The second-order valence-electron chi connectivity index (χ2n) is 9.42. The summed E-state index contributed by atoms with van der Waals surface area (Å²) < 4.78 is 0. The molecule has 3 nitrogen and oxygen atoms in total. The largest absolute Gasteiger partial charge is 0.356 e. The minimum atomic E-state index is 0.244. The van der Waals surface area contributed by atoms with Crippen LogP contribution in [-0.2, 0) is 9.59 Å². The molecule has 3 saturated carbocycles. The van der Waals surface area contributed by atoms with Gasteiger partial charge >= 0.3 is 0 Å². The van der Waals surface area contributed by atoms with Crippen molar-refractivity contribution in [3.05, 3.63) is 0 Å². The summed E-state index contributed by atoms with van der Waals surface area (Å²) in [5.41, 5.74) is 0.528. The smallest absolute Gasteiger partial charge is 0.220 e. The highest BCUT2D eigenvalue weighted by atomic mass is 16.1. The van der Waals surface area contributed by atoms with E-state index in [0.29, 0.717) is 17.6 Å². The van der Waals surface area contributed by atoms with E-state index in [1.165, 1.54) is 32.1 Å². The van der Waals surface area contributed by atoms with Crippen LogP contribution in [0, 0.1) is 40.4 Å². The molecular weight excluding hydrogens is 286 g/mol. The second kappa shape index (κ2) is 5.07. The molecular formula is C20H31NO2. The van der Waals surface area contributed by atoms with Crippen LogP contribution in [0.3, 0.4) is 0 Å². The fourth-order valence-electron chi connectivity index (χ4n) is 7.40. The highest BCUT2D eigenvalue weighted by Crippen LogP contribution is 2.66. The van der Waals surface area contributed by atoms with Gasteiger partial charge in [-0.25, -0.2) is 0 Å². The van der Waals surface area contributed by atoms with Crippen LogP contribution in [0.25, 0.3) is 0 Å². The molecule has 1 amide bonds. The van der Waals surface area contributed by atoms with Gasteiger partial charge in [0.2, 0.25) is 5.91 Å². The average molecular weight is 317 g/mol. The Morgan fingerprint density at radius 2 is 1.78 bits per heavy atom. The van der Waals surface area contributed by atoms with E-state index in [1.54, 1.807) is 6.92 Å². The lowest BCUT2D eigenvalue weighted by atomic mass is 9.46. The van der Waals surface area contributed by atoms with Crippen molar-refractivity contribution in [1.82, 2.24) is 5.32 Å². The van der Waals surface area contributed by atoms with Crippen molar-refractivity contribution in [2.75, 3.05) is 6.54 Å². The van der Waals surface area contributed by atoms with Crippen LogP contribution in [0.4, 0.5) is 0 Å². The molecule has 0 spiro atoms. The van der Waals surface area contributed by atoms with Gasteiger partial charge in [0.1, 0.15) is 5.78 Å². The van der Waals surface area contributed by atoms with E-state index < -0.39 is 0 Å². The van der Waals surface area contributed by atoms with Crippen molar-refractivity contribution in [2.45, 2.75) is 65.7 Å². The van der Waals surface area contributed by atoms with Crippen LogP contribution in [0.15, 0.2) is 0 Å². The van der Waals surface area contributed by atoms with E-state index in [9.17, 15) is 9.59 Å². The highest BCUT2D eigenvalue weighted by molar-refractivity contribution is 5.79. The zero-order chi connectivity index (χ0) is 16.4. The van der Waals surface area contributed by atoms with Gasteiger partial charge in [-0.3, -0.25) is 9.59 Å². The molecule has 0 aromatic heterocycles. The molecule has 128 valence electrons. The number of ketones is 1. The molecule has 1 heterocycles. The van der Waals surface area contributed by atoms with E-state index in [1.807, 2.05) is 0 Å². The molecule has 4 rings (SSSR count). The summed E-state index contributed by atoms with van der Waals surface area (Å²) in [4.78, 5) is 24.0. The third-order valence-corrected chi connectivity index (χ3v) is 8.65. The summed E-state index contributed by atoms with van der Waals surface area (Å²) in [6, 6.07) is 0. The monoisotopic (exact) mass is 317 g/mol. The normalized spacial score (nSPS) is 52.1. The molecule has 0 bridgehead atoms. The summed E-state index contributed by atoms with van der Waals surface area (Å²) in [7, 11) is 0. The van der Waals surface area contributed by atoms with Gasteiger partial charge in [0, 0.05) is 18.9 Å². The number of piperidine rings is 1. The van der Waals surface area contributed by atoms with Crippen LogP contribution in [0.2, 0.25) is 0 Å². The quantitative estimate of drug-likeness (QED) is 0.803. The number of hydrogen-bond acceptors (Lipinski definition) is 2. The standard InChI is InChI=1S/C20H31NO2/c1-12(22)15-6-7-16-14-5-4-13-10-18(23)21-11-20(13,3)17(14)8-9-19(15,16)2/h13-17H,4-11H2,1-3H3,(H,21,23)/t13-,14-,15+,16-,17-,19+,20-/m0/s1. The lowest BCUT2D eigenvalue weighted by Gasteiger charge is -2.60. The maximum atomic E-state index is 12.1. The summed E-state index contributed by atoms with van der Waals surface area (Å²) in [5, 5.41) is 3.16. The Balaban J connectivity index is 1.63. The Kier molecular flexibility index (Phi) is 3.45. The number of carbonyl (C=O) groups excluding carboxylic acids is 2. The summed E-state index contributed by atoms with van der Waals surface area (Å²) in [5.74, 6) is 3.78. The zero-order valence-corrected chi connectivity index (χ0v) is 14.9. The van der Waals surface area contributed by atoms with E-state index in [-0.39, 0.29) is 16.7 Å². The second-order valence-corrected chi connectivity index (χ2v) is 9.42. The Morgan fingerprint density at radius 1 is 1.04 bits per heavy atom. The van der Waals surface area contributed by atoms with Crippen molar-refractivity contribution >= 4 is 11.7 Å². The number of rotatable bonds is 1. The minimum Gasteiger partial charge on any atom is -0.356 e. The van der Waals surface area contributed by atoms with Gasteiger partial charge in [-0.1, -0.05) is 13.8 Å². The molecule has 3 heteroatoms. The summed E-state index contributed by atoms with van der Waals surface area (Å²) in [6.07, 6.45) is 8.04. The van der Waals surface area contributed by atoms with Gasteiger partial charge in [-0.2, -0.15) is 0 Å². The lowest BCUT2D eigenvalue weighted by molar-refractivity contribution is -0.143. The molecule has 0 unspecified atom stereocenters. The van der Waals surface area contributed by atoms with Crippen molar-refractivity contribution in [3.63, 3.8) is 0 Å². The molecule has 4 aliphatic rings. The molecule has 1 N–H and O–H groups in total. The van der Waals surface area contributed by atoms with Crippen LogP contribution >= 0.6 is 0 Å². The topological polar surface area (TPSA) is 46.2 Å². The first-order valence-corrected chi connectivity index (χ1v) is 9.63. The first-order valence-electron chi connectivity index (χ1n) is 9.63. The van der Waals surface area contributed by atoms with Crippen LogP contribution in [-0.4, -0.2) is 18.2 Å². The fourth-order valence-corrected chi connectivity index (χ4v) is 7.40. The van der Waals surface area contributed by atoms with Gasteiger partial charge in [0.15, 0.2) is 0 Å². The van der Waals surface area contributed by atoms with Gasteiger partial charge in [-0.15, -0.1) is 0 Å². The molecule has 3 aliphatic carbocycles. The minimum absolute atomic E-state index is 0.244. The average Bonchev–Trinajstić information content (AvgIpc) is 2.85. The van der Waals surface area contributed by atoms with Crippen molar-refractivity contribution in [1.29, 1.82) is 0 Å². The Labute approximate surface area is 140 Å². The van der Waals surface area contributed by atoms with Crippen molar-refractivity contribution in [2.24, 2.45) is 40.4 Å². The molecule has 0 aromatic rings. The Bertz CT molecular complexity index is 544. The number of nitrogens with one attached hydrogen (secondary N) is 1. The number of amides is 1. The van der Waals surface area contributed by atoms with Gasteiger partial charge in [0.25, 0.3) is 0 Å². The summed E-state index contributed by atoms with van der Waals surface area (Å²) in [6.45, 7) is 7.52. The SMILES string of the molecule is CC(=O)[C@H]1CC[C@H]2[C@@H]3CC[C@H]4CC(=O)NC[C@]4(C)[C@H]3CC[C@]12C. The van der Waals surface area contributed by atoms with E-state index in [0.717, 1.165) is 37.1 Å². The van der Waals surface area contributed by atoms with Gasteiger partial charge in [0.05, 0.1) is 0 Å². The third kappa shape index (κ3) is 2.07. The molecule has 23 heavy (non-hydrogen) atoms. The number of hydrogen-bond donors (Lipinski definition) is 1. The predicted molar refractivity (Wildman–Crippen MR) is 89.7 cm³/mol. The number of fused-ring (bicyclic) bond motifs is 5. The lowest BCUT2D eigenvalue weighted by Crippen LogP contribution is -2.59. The molecule has 0 radical (unpaired) electrons. The molecule has 1 saturated heterocycles. The first kappa shape index (κ1) is 15.7. The number of carbonyl (C=O) groups is 2. The highest BCUT2D eigenvalue weighted by Gasteiger charge is 2.60. The molecule has 4 fully saturated rings. The zero-order valence-electron chi connectivity index (χ0n) is 14.9. The Morgan fingerprint density at radius 3 is 2.52 bits per heavy atom. The van der Waals surface area contributed by atoms with E-state index >= 15 is 0 Å². The molecule has 1 aliphatic heterocycles. The Hall–Kier alpha value is -0.860. The van der Waals surface area contributed by atoms with Crippen LogP contribution < -0.4 is 5.32 Å². The van der Waals surface area contributed by atoms with Gasteiger partial charge in [-0.05, 0) is 80.0 Å². The third-order valence-electron chi connectivity index (χ3n) is 8.65. The number of Topliss-reactive ketones (excluding diaryl/α,β-unsaturated/α-hetero) is 1. The summed E-state index contributed by atoms with van der Waals surface area (Å²) >= 11 is 0. The van der Waals surface area contributed by atoms with Crippen LogP contribution in [0.1, 0.15) is 65.7 Å². The van der Waals surface area contributed by atoms with Crippen LogP contribution in [0.5, 0.6) is 0 Å². The van der Waals surface area contributed by atoms with E-state index in [4.69, 9.17) is 0 Å². The maximum absolute atomic E-state index is 12.1. The van der Waals surface area contributed by atoms with E-state index in [2.05, 4.69) is 19.2 Å². The van der Waals surface area contributed by atoms with Crippen molar-refractivity contribution < 1.29 is 9.59 Å². The molecule has 0 aromatic carbocycles. The van der Waals surface area contributed by atoms with Crippen molar-refractivity contribution in [3.8, 4) is 0 Å². The first-order chi connectivity index (χ1) is 10.9. The molecule has 7 atom stereocenters. The van der Waals surface area contributed by atoms with Gasteiger partial charge < -0.3 is 5.32 Å². The predicted octanol–water partition coefficient (Wildman–Crippen LogP) is 3.57. The fraction of sp³-hybridized carbons (Fsp3) is 0.900.